The van der Waals surface area contributed by atoms with Crippen molar-refractivity contribution in [2.45, 2.75) is 10.4 Å². The van der Waals surface area contributed by atoms with Gasteiger partial charge in [-0.05, 0) is 34.7 Å². The Labute approximate surface area is 126 Å². The fourth-order valence-corrected chi connectivity index (χ4v) is 2.84. The minimum Gasteiger partial charge on any atom is -0.329 e. The number of aromatic nitrogens is 5. The van der Waals surface area contributed by atoms with Gasteiger partial charge in [0, 0.05) is 12.7 Å². The summed E-state index contributed by atoms with van der Waals surface area (Å²) in [6.07, 6.45) is 1.76. The maximum atomic E-state index is 5.87. The molecule has 0 aliphatic heterocycles. The predicted molar refractivity (Wildman–Crippen MR) is 81.0 cm³/mol. The Morgan fingerprint density at radius 1 is 1.10 bits per heavy atom. The Morgan fingerprint density at radius 3 is 2.62 bits per heavy atom. The number of benzene rings is 1. The van der Waals surface area contributed by atoms with Crippen molar-refractivity contribution in [1.82, 2.24) is 25.2 Å². The highest BCUT2D eigenvalue weighted by molar-refractivity contribution is 7.99. The van der Waals surface area contributed by atoms with E-state index in [-0.39, 0.29) is 5.25 Å². The van der Waals surface area contributed by atoms with Crippen LogP contribution in [0.25, 0.3) is 5.69 Å². The van der Waals surface area contributed by atoms with Gasteiger partial charge in [0.25, 0.3) is 0 Å². The van der Waals surface area contributed by atoms with Crippen LogP contribution in [0.15, 0.2) is 59.9 Å². The lowest BCUT2D eigenvalue weighted by molar-refractivity contribution is 0.753. The summed E-state index contributed by atoms with van der Waals surface area (Å²) in [5.74, 6) is 0. The molecule has 0 saturated heterocycles. The van der Waals surface area contributed by atoms with E-state index < -0.39 is 0 Å². The molecule has 0 spiro atoms. The van der Waals surface area contributed by atoms with E-state index in [1.165, 1.54) is 11.8 Å². The van der Waals surface area contributed by atoms with Gasteiger partial charge in [0.15, 0.2) is 0 Å². The number of para-hydroxylation sites is 1. The first-order valence-electron chi connectivity index (χ1n) is 6.50. The fraction of sp³-hybridized carbons (Fsp3) is 0.143. The largest absolute Gasteiger partial charge is 0.329 e. The minimum absolute atomic E-state index is 0.0136. The normalized spacial score (nSPS) is 12.2. The van der Waals surface area contributed by atoms with Gasteiger partial charge in [0.2, 0.25) is 5.16 Å². The van der Waals surface area contributed by atoms with Gasteiger partial charge in [0.05, 0.1) is 16.6 Å². The second kappa shape index (κ2) is 6.47. The van der Waals surface area contributed by atoms with Crippen molar-refractivity contribution in [3.8, 4) is 5.69 Å². The maximum absolute atomic E-state index is 5.87. The molecule has 0 saturated carbocycles. The number of thioether (sulfide) groups is 1. The molecule has 1 atom stereocenters. The Balaban J connectivity index is 1.87. The highest BCUT2D eigenvalue weighted by Gasteiger charge is 2.17. The Kier molecular flexibility index (Phi) is 4.23. The molecule has 0 aliphatic rings. The summed E-state index contributed by atoms with van der Waals surface area (Å²) in [6.45, 7) is 0.462. The van der Waals surface area contributed by atoms with Crippen LogP contribution in [0.2, 0.25) is 0 Å². The quantitative estimate of drug-likeness (QED) is 0.724. The molecule has 1 aromatic carbocycles. The van der Waals surface area contributed by atoms with E-state index in [2.05, 4.69) is 20.5 Å². The second-order valence-electron chi connectivity index (χ2n) is 4.31. The Bertz CT molecular complexity index is 685. The molecule has 0 bridgehead atoms. The third-order valence-corrected chi connectivity index (χ3v) is 4.10. The summed E-state index contributed by atoms with van der Waals surface area (Å²) in [7, 11) is 0. The lowest BCUT2D eigenvalue weighted by Gasteiger charge is -2.13. The highest BCUT2D eigenvalue weighted by Crippen LogP contribution is 2.32. The molecule has 7 heteroatoms. The highest BCUT2D eigenvalue weighted by atomic mass is 32.2. The topological polar surface area (TPSA) is 82.5 Å². The van der Waals surface area contributed by atoms with Gasteiger partial charge < -0.3 is 5.73 Å². The zero-order valence-electron chi connectivity index (χ0n) is 11.2. The average molecular weight is 298 g/mol. The summed E-state index contributed by atoms with van der Waals surface area (Å²) < 4.78 is 1.70. The molecule has 0 aliphatic carbocycles. The predicted octanol–water partition coefficient (Wildman–Crippen LogP) is 1.85. The van der Waals surface area contributed by atoms with Crippen LogP contribution in [-0.2, 0) is 0 Å². The van der Waals surface area contributed by atoms with Crippen molar-refractivity contribution in [1.29, 1.82) is 0 Å². The van der Waals surface area contributed by atoms with Gasteiger partial charge >= 0.3 is 0 Å². The molecule has 2 heterocycles. The van der Waals surface area contributed by atoms with Crippen LogP contribution in [0.5, 0.6) is 0 Å². The lowest BCUT2D eigenvalue weighted by Crippen LogP contribution is -2.12. The first-order chi connectivity index (χ1) is 10.4. The van der Waals surface area contributed by atoms with E-state index in [9.17, 15) is 0 Å². The number of hydrogen-bond acceptors (Lipinski definition) is 6. The first kappa shape index (κ1) is 13.7. The molecule has 3 aromatic rings. The number of nitrogens with two attached hydrogens (primary N) is 1. The molecule has 6 nitrogen and oxygen atoms in total. The van der Waals surface area contributed by atoms with Gasteiger partial charge in [-0.3, -0.25) is 4.98 Å². The molecule has 0 radical (unpaired) electrons. The van der Waals surface area contributed by atoms with Crippen molar-refractivity contribution in [3.05, 3.63) is 60.4 Å². The maximum Gasteiger partial charge on any atom is 0.214 e. The molecule has 1 unspecified atom stereocenters. The monoisotopic (exact) mass is 298 g/mol. The SMILES string of the molecule is NCC(Sc1nnnn1-c1ccccc1)c1ccccn1. The number of nitrogens with zero attached hydrogens (tertiary/aromatic N) is 5. The Morgan fingerprint density at radius 2 is 1.90 bits per heavy atom. The van der Waals surface area contributed by atoms with Crippen LogP contribution in [-0.4, -0.2) is 31.7 Å². The third-order valence-electron chi connectivity index (χ3n) is 2.92. The van der Waals surface area contributed by atoms with Crippen molar-refractivity contribution < 1.29 is 0 Å². The number of hydrogen-bond donors (Lipinski definition) is 1. The van der Waals surface area contributed by atoms with E-state index >= 15 is 0 Å². The van der Waals surface area contributed by atoms with Crippen LogP contribution < -0.4 is 5.73 Å². The molecule has 106 valence electrons. The van der Waals surface area contributed by atoms with Crippen LogP contribution in [0.3, 0.4) is 0 Å². The molecule has 2 N–H and O–H groups in total. The van der Waals surface area contributed by atoms with E-state index in [0.717, 1.165) is 11.4 Å². The van der Waals surface area contributed by atoms with Crippen LogP contribution >= 0.6 is 11.8 Å². The lowest BCUT2D eigenvalue weighted by atomic mass is 10.3. The number of rotatable bonds is 5. The summed E-state index contributed by atoms with van der Waals surface area (Å²) in [6, 6.07) is 15.6. The standard InChI is InChI=1S/C14H14N6S/c15-10-13(12-8-4-5-9-16-12)21-14-17-18-19-20(14)11-6-2-1-3-7-11/h1-9,13H,10,15H2. The first-order valence-corrected chi connectivity index (χ1v) is 7.38. The zero-order valence-corrected chi connectivity index (χ0v) is 12.0. The molecular formula is C14H14N6S. The summed E-state index contributed by atoms with van der Waals surface area (Å²) >= 11 is 1.51. The molecule has 0 amide bonds. The second-order valence-corrected chi connectivity index (χ2v) is 5.48. The zero-order chi connectivity index (χ0) is 14.5. The van der Waals surface area contributed by atoms with Crippen molar-refractivity contribution >= 4 is 11.8 Å². The van der Waals surface area contributed by atoms with Crippen molar-refractivity contribution in [2.75, 3.05) is 6.54 Å². The van der Waals surface area contributed by atoms with Gasteiger partial charge in [-0.15, -0.1) is 5.10 Å². The molecule has 0 fully saturated rings. The van der Waals surface area contributed by atoms with E-state index in [1.807, 2.05) is 48.5 Å². The van der Waals surface area contributed by atoms with Gasteiger partial charge in [-0.25, -0.2) is 0 Å². The molecule has 3 rings (SSSR count). The van der Waals surface area contributed by atoms with Crippen LogP contribution in [0.1, 0.15) is 10.9 Å². The van der Waals surface area contributed by atoms with Gasteiger partial charge in [-0.1, -0.05) is 36.0 Å². The molecule has 21 heavy (non-hydrogen) atoms. The minimum atomic E-state index is 0.0136. The van der Waals surface area contributed by atoms with E-state index in [0.29, 0.717) is 11.7 Å². The smallest absolute Gasteiger partial charge is 0.214 e. The number of pyridine rings is 1. The van der Waals surface area contributed by atoms with Crippen molar-refractivity contribution in [3.63, 3.8) is 0 Å². The van der Waals surface area contributed by atoms with Crippen LogP contribution in [0.4, 0.5) is 0 Å². The summed E-state index contributed by atoms with van der Waals surface area (Å²) in [4.78, 5) is 4.35. The summed E-state index contributed by atoms with van der Waals surface area (Å²) in [5.41, 5.74) is 7.71. The van der Waals surface area contributed by atoms with E-state index in [1.54, 1.807) is 10.9 Å². The Hall–Kier alpha value is -2.25. The molecule has 2 aromatic heterocycles. The fourth-order valence-electron chi connectivity index (χ4n) is 1.91. The third kappa shape index (κ3) is 3.09. The average Bonchev–Trinajstić information content (AvgIpc) is 3.02. The molecular weight excluding hydrogens is 284 g/mol. The number of tetrazole rings is 1. The van der Waals surface area contributed by atoms with Gasteiger partial charge in [-0.2, -0.15) is 4.68 Å². The summed E-state index contributed by atoms with van der Waals surface area (Å²) in [5, 5.41) is 12.6. The van der Waals surface area contributed by atoms with Crippen LogP contribution in [0, 0.1) is 0 Å². The van der Waals surface area contributed by atoms with Gasteiger partial charge in [0.1, 0.15) is 0 Å². The van der Waals surface area contributed by atoms with E-state index in [4.69, 9.17) is 5.73 Å². The van der Waals surface area contributed by atoms with Crippen molar-refractivity contribution in [2.24, 2.45) is 5.73 Å².